The molecule has 1 saturated heterocycles. The topological polar surface area (TPSA) is 53.5 Å². The lowest BCUT2D eigenvalue weighted by molar-refractivity contribution is 0.379. The van der Waals surface area contributed by atoms with Crippen LogP contribution in [-0.4, -0.2) is 54.0 Å². The quantitative estimate of drug-likeness (QED) is 0.632. The first-order chi connectivity index (χ1) is 14.2. The highest BCUT2D eigenvalue weighted by molar-refractivity contribution is 7.90. The van der Waals surface area contributed by atoms with Gasteiger partial charge in [-0.2, -0.15) is 4.31 Å². The minimum Gasteiger partial charge on any atom is -0.345 e. The molecule has 2 heterocycles. The number of benzene rings is 1. The zero-order valence-electron chi connectivity index (χ0n) is 17.4. The van der Waals surface area contributed by atoms with Crippen LogP contribution in [0.25, 0.3) is 11.3 Å². The minimum atomic E-state index is -3.53. The van der Waals surface area contributed by atoms with E-state index in [9.17, 15) is 8.42 Å². The standard InChI is InChI=1S/C22H26ClN3O2S2/c1-16-7-8-17(2)18(14-16)19-15-29-21(24-19)25-10-12-26(13-11-25)30(27,28)20-6-4-5-9-22(20,3)23/h4-9,14-15,20H,10-13H2,1-3H3. The average Bonchev–Trinajstić information content (AvgIpc) is 3.19. The third-order valence-corrected chi connectivity index (χ3v) is 9.49. The van der Waals surface area contributed by atoms with E-state index in [2.05, 4.69) is 42.3 Å². The van der Waals surface area contributed by atoms with Crippen molar-refractivity contribution in [3.8, 4) is 11.3 Å². The van der Waals surface area contributed by atoms with Crippen LogP contribution >= 0.6 is 22.9 Å². The van der Waals surface area contributed by atoms with Gasteiger partial charge in [0.25, 0.3) is 0 Å². The molecule has 0 bridgehead atoms. The maximum absolute atomic E-state index is 13.2. The lowest BCUT2D eigenvalue weighted by Gasteiger charge is -2.38. The third kappa shape index (κ3) is 4.08. The molecule has 1 aliphatic carbocycles. The van der Waals surface area contributed by atoms with Gasteiger partial charge in [0, 0.05) is 37.1 Å². The fourth-order valence-corrected chi connectivity index (χ4v) is 7.23. The molecule has 0 N–H and O–H groups in total. The molecule has 2 aromatic rings. The SMILES string of the molecule is Cc1ccc(C)c(-c2csc(N3CCN(S(=O)(=O)C4C=CC=CC4(C)Cl)CC3)n2)c1. The molecular formula is C22H26ClN3O2S2. The smallest absolute Gasteiger partial charge is 0.222 e. The van der Waals surface area contributed by atoms with Gasteiger partial charge in [-0.25, -0.2) is 13.4 Å². The van der Waals surface area contributed by atoms with Gasteiger partial charge >= 0.3 is 0 Å². The maximum atomic E-state index is 13.2. The van der Waals surface area contributed by atoms with Gasteiger partial charge in [-0.1, -0.05) is 42.0 Å². The molecule has 1 aromatic heterocycles. The summed E-state index contributed by atoms with van der Waals surface area (Å²) in [6, 6.07) is 6.38. The molecule has 30 heavy (non-hydrogen) atoms. The molecule has 0 saturated carbocycles. The zero-order chi connectivity index (χ0) is 21.5. The van der Waals surface area contributed by atoms with E-state index in [-0.39, 0.29) is 0 Å². The van der Waals surface area contributed by atoms with Crippen LogP contribution in [0.1, 0.15) is 18.1 Å². The van der Waals surface area contributed by atoms with Crippen LogP contribution in [0.2, 0.25) is 0 Å². The van der Waals surface area contributed by atoms with Gasteiger partial charge in [0.1, 0.15) is 5.25 Å². The largest absolute Gasteiger partial charge is 0.345 e. The van der Waals surface area contributed by atoms with Crippen molar-refractivity contribution in [1.82, 2.24) is 9.29 Å². The van der Waals surface area contributed by atoms with Gasteiger partial charge in [0.15, 0.2) is 5.13 Å². The monoisotopic (exact) mass is 463 g/mol. The highest BCUT2D eigenvalue weighted by atomic mass is 35.5. The number of hydrogen-bond donors (Lipinski definition) is 0. The Morgan fingerprint density at radius 3 is 2.60 bits per heavy atom. The van der Waals surface area contributed by atoms with Crippen LogP contribution in [0.5, 0.6) is 0 Å². The molecule has 160 valence electrons. The first-order valence-electron chi connectivity index (χ1n) is 10.0. The van der Waals surface area contributed by atoms with Crippen LogP contribution in [-0.2, 0) is 10.0 Å². The van der Waals surface area contributed by atoms with Crippen molar-refractivity contribution in [1.29, 1.82) is 0 Å². The lowest BCUT2D eigenvalue weighted by atomic mass is 10.0. The second-order valence-corrected chi connectivity index (χ2v) is 11.8. The summed E-state index contributed by atoms with van der Waals surface area (Å²) in [5, 5.41) is 2.27. The number of thiazole rings is 1. The number of allylic oxidation sites excluding steroid dienone is 3. The summed E-state index contributed by atoms with van der Waals surface area (Å²) >= 11 is 8.10. The van der Waals surface area contributed by atoms with Crippen LogP contribution in [0.3, 0.4) is 0 Å². The molecule has 5 nitrogen and oxygen atoms in total. The highest BCUT2D eigenvalue weighted by Crippen LogP contribution is 2.34. The summed E-state index contributed by atoms with van der Waals surface area (Å²) < 4.78 is 27.9. The number of rotatable bonds is 4. The molecule has 0 amide bonds. The second-order valence-electron chi connectivity index (χ2n) is 8.08. The summed E-state index contributed by atoms with van der Waals surface area (Å²) in [5.74, 6) is 0. The molecule has 4 rings (SSSR count). The summed E-state index contributed by atoms with van der Waals surface area (Å²) in [4.78, 5) is 6.08. The summed E-state index contributed by atoms with van der Waals surface area (Å²) in [5.41, 5.74) is 4.54. The van der Waals surface area contributed by atoms with E-state index in [0.717, 1.165) is 16.4 Å². The Bertz CT molecular complexity index is 1100. The molecule has 1 fully saturated rings. The number of anilines is 1. The number of hydrogen-bond acceptors (Lipinski definition) is 5. The number of aromatic nitrogens is 1. The number of nitrogens with zero attached hydrogens (tertiary/aromatic N) is 3. The van der Waals surface area contributed by atoms with E-state index in [4.69, 9.17) is 16.6 Å². The number of aryl methyl sites for hydroxylation is 2. The molecule has 2 atom stereocenters. The third-order valence-electron chi connectivity index (χ3n) is 5.73. The van der Waals surface area contributed by atoms with Crippen LogP contribution in [0.4, 0.5) is 5.13 Å². The van der Waals surface area contributed by atoms with Gasteiger partial charge in [-0.3, -0.25) is 0 Å². The fraction of sp³-hybridized carbons (Fsp3) is 0.409. The molecule has 2 aliphatic rings. The first-order valence-corrected chi connectivity index (χ1v) is 12.8. The number of piperazine rings is 1. The van der Waals surface area contributed by atoms with Crippen molar-refractivity contribution < 1.29 is 8.42 Å². The number of sulfonamides is 1. The predicted molar refractivity (Wildman–Crippen MR) is 126 cm³/mol. The van der Waals surface area contributed by atoms with Crippen LogP contribution in [0, 0.1) is 13.8 Å². The van der Waals surface area contributed by atoms with E-state index in [1.54, 1.807) is 46.9 Å². The number of halogens is 1. The summed E-state index contributed by atoms with van der Waals surface area (Å²) in [6.07, 6.45) is 6.99. The van der Waals surface area contributed by atoms with Crippen molar-refractivity contribution in [3.63, 3.8) is 0 Å². The Hall–Kier alpha value is -1.67. The van der Waals surface area contributed by atoms with Crippen LogP contribution < -0.4 is 4.90 Å². The second kappa shape index (κ2) is 8.11. The molecule has 1 aliphatic heterocycles. The Kier molecular flexibility index (Phi) is 5.83. The van der Waals surface area contributed by atoms with Crippen molar-refractivity contribution in [2.75, 3.05) is 31.1 Å². The van der Waals surface area contributed by atoms with E-state index < -0.39 is 20.1 Å². The van der Waals surface area contributed by atoms with Crippen molar-refractivity contribution >= 4 is 38.1 Å². The first kappa shape index (κ1) is 21.6. The average molecular weight is 464 g/mol. The van der Waals surface area contributed by atoms with E-state index >= 15 is 0 Å². The van der Waals surface area contributed by atoms with E-state index in [0.29, 0.717) is 26.2 Å². The molecule has 8 heteroatoms. The Morgan fingerprint density at radius 1 is 1.17 bits per heavy atom. The van der Waals surface area contributed by atoms with E-state index in [1.165, 1.54) is 11.1 Å². The van der Waals surface area contributed by atoms with Gasteiger partial charge in [0.2, 0.25) is 10.0 Å². The van der Waals surface area contributed by atoms with Crippen molar-refractivity contribution in [2.24, 2.45) is 0 Å². The lowest BCUT2D eigenvalue weighted by Crippen LogP contribution is -2.54. The Labute approximate surface area is 187 Å². The van der Waals surface area contributed by atoms with Crippen molar-refractivity contribution in [3.05, 3.63) is 59.0 Å². The maximum Gasteiger partial charge on any atom is 0.222 e. The molecular weight excluding hydrogens is 438 g/mol. The number of alkyl halides is 1. The Morgan fingerprint density at radius 2 is 1.90 bits per heavy atom. The predicted octanol–water partition coefficient (Wildman–Crippen LogP) is 4.37. The van der Waals surface area contributed by atoms with Gasteiger partial charge in [-0.05, 0) is 32.4 Å². The fourth-order valence-electron chi connectivity index (χ4n) is 3.92. The minimum absolute atomic E-state index is 0.432. The zero-order valence-corrected chi connectivity index (χ0v) is 19.8. The normalized spacial score (nSPS) is 25.1. The summed E-state index contributed by atoms with van der Waals surface area (Å²) in [6.45, 7) is 8.02. The van der Waals surface area contributed by atoms with Gasteiger partial charge < -0.3 is 4.90 Å². The molecule has 2 unspecified atom stereocenters. The Balaban J connectivity index is 1.47. The van der Waals surface area contributed by atoms with Crippen LogP contribution in [0.15, 0.2) is 47.9 Å². The summed E-state index contributed by atoms with van der Waals surface area (Å²) in [7, 11) is -3.53. The molecule has 1 aromatic carbocycles. The highest BCUT2D eigenvalue weighted by Gasteiger charge is 2.43. The molecule has 0 spiro atoms. The molecule has 0 radical (unpaired) electrons. The van der Waals surface area contributed by atoms with E-state index in [1.807, 2.05) is 0 Å². The van der Waals surface area contributed by atoms with Gasteiger partial charge in [-0.15, -0.1) is 22.9 Å². The van der Waals surface area contributed by atoms with Gasteiger partial charge in [0.05, 0.1) is 10.6 Å². The van der Waals surface area contributed by atoms with Crippen molar-refractivity contribution in [2.45, 2.75) is 30.9 Å².